The molecule has 0 radical (unpaired) electrons. The van der Waals surface area contributed by atoms with Gasteiger partial charge in [0.25, 0.3) is 0 Å². The number of nitrogens with one attached hydrogen (secondary N) is 1. The Morgan fingerprint density at radius 3 is 2.14 bits per heavy atom. The second-order valence-corrected chi connectivity index (χ2v) is 10.4. The van der Waals surface area contributed by atoms with Gasteiger partial charge in [-0.3, -0.25) is 4.79 Å². The Morgan fingerprint density at radius 1 is 0.946 bits per heavy atom. The van der Waals surface area contributed by atoms with Crippen molar-refractivity contribution in [2.24, 2.45) is 7.05 Å². The van der Waals surface area contributed by atoms with Crippen LogP contribution in [0.4, 0.5) is 10.5 Å². The molecule has 0 aliphatic rings. The highest BCUT2D eigenvalue weighted by molar-refractivity contribution is 5.94. The number of carbonyl (C=O) groups is 2. The van der Waals surface area contributed by atoms with Crippen LogP contribution in [0.2, 0.25) is 0 Å². The topological polar surface area (TPSA) is 70.7 Å². The van der Waals surface area contributed by atoms with E-state index in [1.165, 1.54) is 0 Å². The lowest BCUT2D eigenvalue weighted by atomic mass is 9.92. The van der Waals surface area contributed by atoms with Crippen molar-refractivity contribution in [1.82, 2.24) is 14.4 Å². The van der Waals surface area contributed by atoms with E-state index >= 15 is 0 Å². The van der Waals surface area contributed by atoms with Crippen molar-refractivity contribution in [3.8, 4) is 0 Å². The van der Waals surface area contributed by atoms with E-state index in [0.29, 0.717) is 18.8 Å². The van der Waals surface area contributed by atoms with Gasteiger partial charge in [0.15, 0.2) is 0 Å². The summed E-state index contributed by atoms with van der Waals surface area (Å²) in [5.74, 6) is 1.08. The summed E-state index contributed by atoms with van der Waals surface area (Å²) >= 11 is 0. The molecule has 7 heteroatoms. The molecule has 0 aliphatic heterocycles. The zero-order valence-corrected chi connectivity index (χ0v) is 23.3. The molecule has 1 aromatic carbocycles. The number of carbonyl (C=O) groups excluding carboxylic acids is 2. The van der Waals surface area contributed by atoms with Crippen molar-refractivity contribution in [3.63, 3.8) is 0 Å². The van der Waals surface area contributed by atoms with Crippen LogP contribution in [0.15, 0.2) is 59.3 Å². The number of furan rings is 1. The van der Waals surface area contributed by atoms with Crippen molar-refractivity contribution >= 4 is 17.6 Å². The lowest BCUT2D eigenvalue weighted by Gasteiger charge is -2.32. The molecule has 1 N–H and O–H groups in total. The average molecular weight is 507 g/mol. The average Bonchev–Trinajstić information content (AvgIpc) is 3.52. The predicted octanol–water partition coefficient (Wildman–Crippen LogP) is 6.73. The maximum Gasteiger partial charge on any atom is 0.322 e. The standard InChI is InChI=1S/C30H42N4O3/c1-8-23(6)34(30(36)31-29-26(21(2)3)14-9-15-27(29)22(4)5)20-28(35)33(19-25-13-11-17-37-25)18-24-12-10-16-32(24)7/h9-17,21-23H,8,18-20H2,1-7H3,(H,31,36). The summed E-state index contributed by atoms with van der Waals surface area (Å²) in [5, 5.41) is 3.20. The van der Waals surface area contributed by atoms with Crippen molar-refractivity contribution in [1.29, 1.82) is 0 Å². The number of para-hydroxylation sites is 1. The van der Waals surface area contributed by atoms with E-state index < -0.39 is 0 Å². The highest BCUT2D eigenvalue weighted by atomic mass is 16.3. The van der Waals surface area contributed by atoms with E-state index in [1.807, 2.05) is 62.0 Å². The third-order valence-electron chi connectivity index (χ3n) is 6.98. The third-order valence-corrected chi connectivity index (χ3v) is 6.98. The maximum atomic E-state index is 13.7. The van der Waals surface area contributed by atoms with E-state index in [2.05, 4.69) is 45.1 Å². The highest BCUT2D eigenvalue weighted by Gasteiger charge is 2.27. The molecular weight excluding hydrogens is 464 g/mol. The molecule has 0 aliphatic carbocycles. The fourth-order valence-corrected chi connectivity index (χ4v) is 4.45. The summed E-state index contributed by atoms with van der Waals surface area (Å²) in [6, 6.07) is 13.4. The maximum absolute atomic E-state index is 13.7. The van der Waals surface area contributed by atoms with Gasteiger partial charge in [-0.25, -0.2) is 4.79 Å². The van der Waals surface area contributed by atoms with Gasteiger partial charge in [-0.15, -0.1) is 0 Å². The largest absolute Gasteiger partial charge is 0.467 e. The quantitative estimate of drug-likeness (QED) is 0.314. The van der Waals surface area contributed by atoms with Crippen molar-refractivity contribution in [3.05, 3.63) is 77.5 Å². The van der Waals surface area contributed by atoms with Crippen LogP contribution in [0.3, 0.4) is 0 Å². The highest BCUT2D eigenvalue weighted by Crippen LogP contribution is 2.32. The van der Waals surface area contributed by atoms with E-state index in [0.717, 1.165) is 28.9 Å². The summed E-state index contributed by atoms with van der Waals surface area (Å²) in [6.45, 7) is 13.3. The first kappa shape index (κ1) is 28.1. The lowest BCUT2D eigenvalue weighted by molar-refractivity contribution is -0.133. The molecule has 2 aromatic heterocycles. The Labute approximate surface area is 221 Å². The Morgan fingerprint density at radius 2 is 1.62 bits per heavy atom. The number of hydrogen-bond donors (Lipinski definition) is 1. The van der Waals surface area contributed by atoms with Crippen LogP contribution in [0.25, 0.3) is 0 Å². The van der Waals surface area contributed by atoms with Gasteiger partial charge in [0.05, 0.1) is 19.4 Å². The van der Waals surface area contributed by atoms with E-state index in [9.17, 15) is 9.59 Å². The summed E-state index contributed by atoms with van der Waals surface area (Å²) < 4.78 is 7.54. The molecule has 3 amide bonds. The summed E-state index contributed by atoms with van der Waals surface area (Å²) in [6.07, 6.45) is 4.31. The molecule has 1 unspecified atom stereocenters. The zero-order chi connectivity index (χ0) is 27.1. The Kier molecular flexibility index (Phi) is 9.61. The number of aromatic nitrogens is 1. The number of benzene rings is 1. The van der Waals surface area contributed by atoms with Gasteiger partial charge in [0.1, 0.15) is 12.3 Å². The predicted molar refractivity (Wildman–Crippen MR) is 148 cm³/mol. The Hall–Kier alpha value is -3.48. The first-order chi connectivity index (χ1) is 17.6. The zero-order valence-electron chi connectivity index (χ0n) is 23.3. The number of amides is 3. The molecule has 1 atom stereocenters. The van der Waals surface area contributed by atoms with E-state index in [4.69, 9.17) is 4.42 Å². The minimum atomic E-state index is -0.255. The van der Waals surface area contributed by atoms with Gasteiger partial charge in [-0.2, -0.15) is 0 Å². The van der Waals surface area contributed by atoms with Crippen LogP contribution in [-0.2, 0) is 24.9 Å². The SMILES string of the molecule is CCC(C)N(CC(=O)N(Cc1ccco1)Cc1cccn1C)C(=O)Nc1c(C(C)C)cccc1C(C)C. The van der Waals surface area contributed by atoms with Crippen molar-refractivity contribution < 1.29 is 14.0 Å². The second kappa shape index (κ2) is 12.7. The first-order valence-electron chi connectivity index (χ1n) is 13.2. The molecule has 3 rings (SSSR count). The molecular formula is C30H42N4O3. The molecule has 200 valence electrons. The number of hydrogen-bond acceptors (Lipinski definition) is 3. The summed E-state index contributed by atoms with van der Waals surface area (Å²) in [5.41, 5.74) is 4.05. The number of rotatable bonds is 11. The second-order valence-electron chi connectivity index (χ2n) is 10.4. The number of urea groups is 1. The molecule has 0 saturated carbocycles. The van der Waals surface area contributed by atoms with E-state index in [1.54, 1.807) is 16.1 Å². The molecule has 7 nitrogen and oxygen atoms in total. The van der Waals surface area contributed by atoms with Crippen LogP contribution in [0.5, 0.6) is 0 Å². The fraction of sp³-hybridized carbons (Fsp3) is 0.467. The van der Waals surface area contributed by atoms with E-state index in [-0.39, 0.29) is 36.4 Å². The summed E-state index contributed by atoms with van der Waals surface area (Å²) in [4.78, 5) is 30.8. The first-order valence-corrected chi connectivity index (χ1v) is 13.2. The van der Waals surface area contributed by atoms with Gasteiger partial charge in [-0.05, 0) is 60.6 Å². The molecule has 37 heavy (non-hydrogen) atoms. The number of nitrogens with zero attached hydrogens (tertiary/aromatic N) is 3. The molecule has 0 saturated heterocycles. The lowest BCUT2D eigenvalue weighted by Crippen LogP contribution is -2.48. The van der Waals surface area contributed by atoms with Crippen LogP contribution < -0.4 is 5.32 Å². The molecule has 2 heterocycles. The fourth-order valence-electron chi connectivity index (χ4n) is 4.45. The van der Waals surface area contributed by atoms with Gasteiger partial charge >= 0.3 is 6.03 Å². The summed E-state index contributed by atoms with van der Waals surface area (Å²) in [7, 11) is 1.96. The third kappa shape index (κ3) is 7.06. The van der Waals surface area contributed by atoms with Gasteiger partial charge in [0, 0.05) is 30.7 Å². The molecule has 0 spiro atoms. The van der Waals surface area contributed by atoms with Crippen molar-refractivity contribution in [2.45, 2.75) is 78.9 Å². The van der Waals surface area contributed by atoms with Gasteiger partial charge < -0.3 is 24.1 Å². The van der Waals surface area contributed by atoms with Gasteiger partial charge in [0.2, 0.25) is 5.91 Å². The number of aryl methyl sites for hydroxylation is 1. The van der Waals surface area contributed by atoms with Crippen LogP contribution in [0.1, 0.15) is 82.4 Å². The van der Waals surface area contributed by atoms with Crippen LogP contribution in [-0.4, -0.2) is 38.9 Å². The Balaban J connectivity index is 1.87. The minimum absolute atomic E-state index is 0.0210. The minimum Gasteiger partial charge on any atom is -0.467 e. The smallest absolute Gasteiger partial charge is 0.322 e. The number of anilines is 1. The molecule has 0 bridgehead atoms. The normalized spacial score (nSPS) is 12.1. The monoisotopic (exact) mass is 506 g/mol. The van der Waals surface area contributed by atoms with Crippen molar-refractivity contribution in [2.75, 3.05) is 11.9 Å². The van der Waals surface area contributed by atoms with Crippen LogP contribution in [0, 0.1) is 0 Å². The van der Waals surface area contributed by atoms with Crippen LogP contribution >= 0.6 is 0 Å². The Bertz CT molecular complexity index is 1140. The molecule has 3 aromatic rings. The van der Waals surface area contributed by atoms with Gasteiger partial charge in [-0.1, -0.05) is 52.8 Å². The molecule has 0 fully saturated rings.